The van der Waals surface area contributed by atoms with E-state index >= 15 is 0 Å². The molecule has 0 fully saturated rings. The molecule has 2 radical (unpaired) electrons. The van der Waals surface area contributed by atoms with Gasteiger partial charge in [0.25, 0.3) is 0 Å². The summed E-state index contributed by atoms with van der Waals surface area (Å²) in [5, 5.41) is 8.64. The lowest BCUT2D eigenvalue weighted by Gasteiger charge is -2.03. The van der Waals surface area contributed by atoms with Crippen LogP contribution in [0.5, 0.6) is 0 Å². The van der Waals surface area contributed by atoms with E-state index in [0.29, 0.717) is 29.8 Å². The summed E-state index contributed by atoms with van der Waals surface area (Å²) < 4.78 is 12.3. The molecule has 34 heavy (non-hydrogen) atoms. The molecule has 8 heteroatoms. The Bertz CT molecular complexity index is 904. The molecule has 1 N–H and O–H groups in total. The van der Waals surface area contributed by atoms with Crippen LogP contribution in [0.15, 0.2) is 43.0 Å². The fourth-order valence-electron chi connectivity index (χ4n) is 2.32. The lowest BCUT2D eigenvalue weighted by molar-refractivity contribution is 0.299. The van der Waals surface area contributed by atoms with Crippen molar-refractivity contribution >= 4 is 13.4 Å². The van der Waals surface area contributed by atoms with Crippen molar-refractivity contribution in [2.45, 2.75) is 79.6 Å². The molecule has 3 aromatic heterocycles. The monoisotopic (exact) mass is 467 g/mol. The van der Waals surface area contributed by atoms with Gasteiger partial charge in [-0.2, -0.15) is 0 Å². The first-order valence-electron chi connectivity index (χ1n) is 11.8. The average molecular weight is 467 g/mol. The van der Waals surface area contributed by atoms with Crippen LogP contribution in [0, 0.1) is 5.82 Å². The van der Waals surface area contributed by atoms with E-state index in [0.717, 1.165) is 22.9 Å². The number of aliphatic hydroxyl groups excluding tert-OH is 1. The molecule has 0 aliphatic heterocycles. The first kappa shape index (κ1) is 31.3. The molecule has 3 heterocycles. The molecule has 0 bridgehead atoms. The number of rotatable bonds is 5. The second kappa shape index (κ2) is 17.7. The van der Waals surface area contributed by atoms with Crippen molar-refractivity contribution in [3.05, 3.63) is 71.7 Å². The third-order valence-corrected chi connectivity index (χ3v) is 4.20. The third kappa shape index (κ3) is 13.1. The Hall–Kier alpha value is -2.74. The van der Waals surface area contributed by atoms with Crippen molar-refractivity contribution in [3.63, 3.8) is 0 Å². The molecule has 3 aromatic rings. The van der Waals surface area contributed by atoms with Gasteiger partial charge in [-0.25, -0.2) is 24.3 Å². The maximum atomic E-state index is 12.3. The number of hydrogen-bond acceptors (Lipinski definition) is 6. The summed E-state index contributed by atoms with van der Waals surface area (Å²) in [6, 6.07) is 4.83. The second-order valence-corrected chi connectivity index (χ2v) is 8.13. The number of nitrogens with zero attached hydrogens (tertiary/aromatic N) is 5. The first-order valence-corrected chi connectivity index (χ1v) is 11.8. The highest BCUT2D eigenvalue weighted by molar-refractivity contribution is 6.30. The van der Waals surface area contributed by atoms with Crippen LogP contribution in [0.4, 0.5) is 4.39 Å². The van der Waals surface area contributed by atoms with Gasteiger partial charge in [0.2, 0.25) is 0 Å². The highest BCUT2D eigenvalue weighted by atomic mass is 19.1. The summed E-state index contributed by atoms with van der Waals surface area (Å²) in [4.78, 5) is 20.3. The van der Waals surface area contributed by atoms with Crippen molar-refractivity contribution < 1.29 is 9.50 Å². The quantitative estimate of drug-likeness (QED) is 0.538. The smallest absolute Gasteiger partial charge is 0.141 e. The molecular weight excluding hydrogens is 428 g/mol. The highest BCUT2D eigenvalue weighted by Gasteiger charge is 2.02. The zero-order valence-electron chi connectivity index (χ0n) is 21.8. The summed E-state index contributed by atoms with van der Waals surface area (Å²) in [5.74, 6) is 2.48. The summed E-state index contributed by atoms with van der Waals surface area (Å²) in [6.45, 7) is 16.4. The number of hydrogen-bond donors (Lipinski definition) is 1. The van der Waals surface area contributed by atoms with Crippen molar-refractivity contribution in [1.82, 2.24) is 24.9 Å². The van der Waals surface area contributed by atoms with E-state index in [9.17, 15) is 4.39 Å². The van der Waals surface area contributed by atoms with Gasteiger partial charge in [0.15, 0.2) is 0 Å². The Labute approximate surface area is 206 Å². The topological polar surface area (TPSA) is 84.7 Å². The van der Waals surface area contributed by atoms with Crippen LogP contribution < -0.4 is 5.59 Å². The molecule has 0 aliphatic carbocycles. The lowest BCUT2D eigenvalue weighted by atomic mass is 10.0. The molecule has 0 atom stereocenters. The third-order valence-electron chi connectivity index (χ3n) is 4.20. The minimum absolute atomic E-state index is 0.157. The Kier molecular flexibility index (Phi) is 16.3. The lowest BCUT2D eigenvalue weighted by Crippen LogP contribution is -2.12. The van der Waals surface area contributed by atoms with Crippen LogP contribution in [-0.2, 0) is 6.42 Å². The van der Waals surface area contributed by atoms with Crippen molar-refractivity contribution in [3.8, 4) is 0 Å². The first-order chi connectivity index (χ1) is 16.1. The molecule has 0 aliphatic rings. The van der Waals surface area contributed by atoms with E-state index < -0.39 is 0 Å². The SMILES string of the molecule is CC.CC(C)c1ccc(F)cn1.CC(C)c1ncc(CCO)cn1.[B]c1ccnc(C(C)C)n1. The van der Waals surface area contributed by atoms with Gasteiger partial charge < -0.3 is 5.11 Å². The molecule has 0 spiro atoms. The number of aliphatic hydroxyl groups is 1. The maximum absolute atomic E-state index is 12.3. The largest absolute Gasteiger partial charge is 0.396 e. The average Bonchev–Trinajstić information content (AvgIpc) is 2.82. The van der Waals surface area contributed by atoms with Gasteiger partial charge in [0.1, 0.15) is 25.3 Å². The predicted octanol–water partition coefficient (Wildman–Crippen LogP) is 4.90. The molecule has 0 aromatic carbocycles. The van der Waals surface area contributed by atoms with Crippen molar-refractivity contribution in [2.75, 3.05) is 6.61 Å². The molecule has 184 valence electrons. The van der Waals surface area contributed by atoms with Crippen molar-refractivity contribution in [2.24, 2.45) is 0 Å². The van der Waals surface area contributed by atoms with Gasteiger partial charge in [-0.05, 0) is 41.7 Å². The number of pyridine rings is 1. The molecular formula is C26H39BFN5O. The Morgan fingerprint density at radius 3 is 1.76 bits per heavy atom. The highest BCUT2D eigenvalue weighted by Crippen LogP contribution is 2.10. The van der Waals surface area contributed by atoms with Gasteiger partial charge >= 0.3 is 0 Å². The molecule has 0 saturated heterocycles. The molecule has 0 unspecified atom stereocenters. The molecule has 6 nitrogen and oxygen atoms in total. The van der Waals surface area contributed by atoms with Gasteiger partial charge in [0.05, 0.1) is 6.20 Å². The molecule has 0 saturated carbocycles. The van der Waals surface area contributed by atoms with E-state index in [2.05, 4.69) is 38.8 Å². The Morgan fingerprint density at radius 1 is 0.794 bits per heavy atom. The van der Waals surface area contributed by atoms with Crippen LogP contribution in [-0.4, -0.2) is 44.5 Å². The van der Waals surface area contributed by atoms with Crippen LogP contribution in [0.25, 0.3) is 0 Å². The predicted molar refractivity (Wildman–Crippen MR) is 138 cm³/mol. The fourth-order valence-corrected chi connectivity index (χ4v) is 2.32. The van der Waals surface area contributed by atoms with Crippen LogP contribution in [0.1, 0.15) is 96.0 Å². The van der Waals surface area contributed by atoms with Gasteiger partial charge in [0, 0.05) is 42.7 Å². The fraction of sp³-hybridized carbons (Fsp3) is 0.500. The standard InChI is InChI=1S/C9H14N2O.C8H10FN.C7H9BN2.C2H6/c1-7(2)9-10-5-8(3-4-12)6-11-9;1-6(2)8-4-3-7(9)5-10-8;1-5(2)7-9-4-3-6(8)10-7;1-2/h5-7,12H,3-4H2,1-2H3;3-6H,1-2H3;3-5H,1-2H3;1-2H3. The minimum Gasteiger partial charge on any atom is -0.396 e. The normalized spacial score (nSPS) is 10.0. The minimum atomic E-state index is -0.274. The van der Waals surface area contributed by atoms with E-state index in [1.54, 1.807) is 30.7 Å². The van der Waals surface area contributed by atoms with Gasteiger partial charge in [-0.1, -0.05) is 55.4 Å². The van der Waals surface area contributed by atoms with Crippen LogP contribution in [0.3, 0.4) is 0 Å². The van der Waals surface area contributed by atoms with Gasteiger partial charge in [-0.3, -0.25) is 4.98 Å². The van der Waals surface area contributed by atoms with E-state index in [1.807, 2.05) is 41.5 Å². The van der Waals surface area contributed by atoms with Crippen LogP contribution in [0.2, 0.25) is 0 Å². The summed E-state index contributed by atoms with van der Waals surface area (Å²) in [5.41, 5.74) is 2.46. The number of aromatic nitrogens is 5. The number of halogens is 1. The summed E-state index contributed by atoms with van der Waals surface area (Å²) >= 11 is 0. The summed E-state index contributed by atoms with van der Waals surface area (Å²) in [7, 11) is 5.45. The molecule has 0 amide bonds. The summed E-state index contributed by atoms with van der Waals surface area (Å²) in [6.07, 6.45) is 7.11. The van der Waals surface area contributed by atoms with E-state index in [1.165, 1.54) is 12.3 Å². The Balaban J connectivity index is 0.000000465. The van der Waals surface area contributed by atoms with E-state index in [-0.39, 0.29) is 12.4 Å². The second-order valence-electron chi connectivity index (χ2n) is 8.13. The Morgan fingerprint density at radius 2 is 1.38 bits per heavy atom. The van der Waals surface area contributed by atoms with Crippen molar-refractivity contribution in [1.29, 1.82) is 0 Å². The van der Waals surface area contributed by atoms with Gasteiger partial charge in [-0.15, -0.1) is 0 Å². The van der Waals surface area contributed by atoms with E-state index in [4.69, 9.17) is 13.0 Å². The van der Waals surface area contributed by atoms with Crippen LogP contribution >= 0.6 is 0 Å². The molecule has 3 rings (SSSR count). The zero-order valence-corrected chi connectivity index (χ0v) is 21.8. The zero-order chi connectivity index (χ0) is 26.1. The maximum Gasteiger partial charge on any atom is 0.141 e.